The average molecular weight is 286 g/mol. The molecule has 0 atom stereocenters. The van der Waals surface area contributed by atoms with Gasteiger partial charge in [-0.1, -0.05) is 6.07 Å². The van der Waals surface area contributed by atoms with Gasteiger partial charge < -0.3 is 9.72 Å². The van der Waals surface area contributed by atoms with Gasteiger partial charge in [0.25, 0.3) is 5.56 Å². The van der Waals surface area contributed by atoms with Crippen molar-refractivity contribution in [1.82, 2.24) is 19.9 Å². The van der Waals surface area contributed by atoms with E-state index in [-0.39, 0.29) is 5.56 Å². The molecule has 0 saturated carbocycles. The molecule has 6 heteroatoms. The van der Waals surface area contributed by atoms with Crippen molar-refractivity contribution in [2.75, 3.05) is 13.7 Å². The van der Waals surface area contributed by atoms with Gasteiger partial charge in [-0.25, -0.2) is 9.97 Å². The van der Waals surface area contributed by atoms with Gasteiger partial charge in [-0.15, -0.1) is 0 Å². The minimum atomic E-state index is -0.0185. The van der Waals surface area contributed by atoms with E-state index in [2.05, 4.69) is 19.9 Å². The maximum atomic E-state index is 12.0. The molecule has 0 fully saturated rings. The third kappa shape index (κ3) is 2.95. The number of fused-ring (bicyclic) bond motifs is 1. The summed E-state index contributed by atoms with van der Waals surface area (Å²) in [5, 5.41) is 0. The van der Waals surface area contributed by atoms with Crippen LogP contribution >= 0.6 is 0 Å². The number of nitrogens with one attached hydrogen (secondary N) is 1. The van der Waals surface area contributed by atoms with Crippen LogP contribution < -0.4 is 10.3 Å². The third-order valence-electron chi connectivity index (χ3n) is 3.68. The third-order valence-corrected chi connectivity index (χ3v) is 3.68. The fourth-order valence-electron chi connectivity index (χ4n) is 2.62. The van der Waals surface area contributed by atoms with Gasteiger partial charge in [-0.3, -0.25) is 9.69 Å². The number of hydrogen-bond donors (Lipinski definition) is 1. The van der Waals surface area contributed by atoms with Crippen molar-refractivity contribution in [2.45, 2.75) is 26.4 Å². The number of nitrogens with zero attached hydrogens (tertiary/aromatic N) is 3. The van der Waals surface area contributed by atoms with Gasteiger partial charge in [0, 0.05) is 38.3 Å². The second-order valence-corrected chi connectivity index (χ2v) is 5.25. The standard InChI is InChI=1S/C15H18N4O2/c1-10-17-13-5-6-19(9-12(13)15(20)18-10)8-11-3-4-14(21-2)16-7-11/h3-4,7H,5-6,8-9H2,1-2H3,(H,17,18,20). The van der Waals surface area contributed by atoms with Crippen molar-refractivity contribution < 1.29 is 4.74 Å². The quantitative estimate of drug-likeness (QED) is 0.913. The summed E-state index contributed by atoms with van der Waals surface area (Å²) >= 11 is 0. The maximum absolute atomic E-state index is 12.0. The van der Waals surface area contributed by atoms with Gasteiger partial charge in [0.15, 0.2) is 0 Å². The average Bonchev–Trinajstić information content (AvgIpc) is 2.48. The van der Waals surface area contributed by atoms with E-state index in [1.807, 2.05) is 25.3 Å². The number of hydrogen-bond acceptors (Lipinski definition) is 5. The molecule has 0 saturated heterocycles. The molecule has 21 heavy (non-hydrogen) atoms. The molecule has 6 nitrogen and oxygen atoms in total. The highest BCUT2D eigenvalue weighted by molar-refractivity contribution is 5.22. The molecule has 2 aromatic rings. The molecule has 1 aliphatic rings. The molecule has 2 aromatic heterocycles. The Morgan fingerprint density at radius 3 is 3.00 bits per heavy atom. The van der Waals surface area contributed by atoms with Crippen LogP contribution in [0.25, 0.3) is 0 Å². The molecule has 0 spiro atoms. The lowest BCUT2D eigenvalue weighted by atomic mass is 10.1. The van der Waals surface area contributed by atoms with E-state index in [1.54, 1.807) is 7.11 Å². The van der Waals surface area contributed by atoms with E-state index in [0.717, 1.165) is 36.3 Å². The topological polar surface area (TPSA) is 71.1 Å². The van der Waals surface area contributed by atoms with Crippen LogP contribution in [-0.2, 0) is 19.5 Å². The summed E-state index contributed by atoms with van der Waals surface area (Å²) in [6.07, 6.45) is 2.62. The van der Waals surface area contributed by atoms with E-state index >= 15 is 0 Å². The van der Waals surface area contributed by atoms with Gasteiger partial charge >= 0.3 is 0 Å². The zero-order valence-corrected chi connectivity index (χ0v) is 12.2. The number of methoxy groups -OCH3 is 1. The largest absolute Gasteiger partial charge is 0.481 e. The lowest BCUT2D eigenvalue weighted by Crippen LogP contribution is -2.35. The highest BCUT2D eigenvalue weighted by Crippen LogP contribution is 2.16. The zero-order valence-electron chi connectivity index (χ0n) is 12.2. The smallest absolute Gasteiger partial charge is 0.255 e. The second kappa shape index (κ2) is 5.65. The minimum Gasteiger partial charge on any atom is -0.481 e. The number of rotatable bonds is 3. The molecule has 0 radical (unpaired) electrons. The van der Waals surface area contributed by atoms with Gasteiger partial charge in [-0.2, -0.15) is 0 Å². The predicted molar refractivity (Wildman–Crippen MR) is 78.2 cm³/mol. The van der Waals surface area contributed by atoms with Crippen molar-refractivity contribution in [2.24, 2.45) is 0 Å². The van der Waals surface area contributed by atoms with Gasteiger partial charge in [0.2, 0.25) is 5.88 Å². The first-order valence-corrected chi connectivity index (χ1v) is 6.95. The normalized spacial score (nSPS) is 14.8. The monoisotopic (exact) mass is 286 g/mol. The number of pyridine rings is 1. The van der Waals surface area contributed by atoms with Crippen molar-refractivity contribution in [3.63, 3.8) is 0 Å². The van der Waals surface area contributed by atoms with Crippen LogP contribution in [0, 0.1) is 6.92 Å². The van der Waals surface area contributed by atoms with Gasteiger partial charge in [0.1, 0.15) is 5.82 Å². The Morgan fingerprint density at radius 2 is 2.29 bits per heavy atom. The SMILES string of the molecule is COc1ccc(CN2CCc3nc(C)[nH]c(=O)c3C2)cn1. The van der Waals surface area contributed by atoms with Crippen molar-refractivity contribution >= 4 is 0 Å². The van der Waals surface area contributed by atoms with Crippen LogP contribution in [0.15, 0.2) is 23.1 Å². The molecule has 0 aromatic carbocycles. The molecule has 0 aliphatic carbocycles. The van der Waals surface area contributed by atoms with Gasteiger partial charge in [0.05, 0.1) is 18.4 Å². The molecular weight excluding hydrogens is 268 g/mol. The molecule has 1 aliphatic heterocycles. The first kappa shape index (κ1) is 13.8. The van der Waals surface area contributed by atoms with Crippen LogP contribution in [-0.4, -0.2) is 33.5 Å². The Morgan fingerprint density at radius 1 is 1.43 bits per heavy atom. The van der Waals surface area contributed by atoms with E-state index in [9.17, 15) is 4.79 Å². The van der Waals surface area contributed by atoms with Crippen LogP contribution in [0.2, 0.25) is 0 Å². The summed E-state index contributed by atoms with van der Waals surface area (Å²) < 4.78 is 5.05. The van der Waals surface area contributed by atoms with E-state index < -0.39 is 0 Å². The Balaban J connectivity index is 1.75. The Bertz CT molecular complexity index is 694. The summed E-state index contributed by atoms with van der Waals surface area (Å²) in [5.41, 5.74) is 2.81. The fraction of sp³-hybridized carbons (Fsp3) is 0.400. The van der Waals surface area contributed by atoms with E-state index in [4.69, 9.17) is 4.74 Å². The molecule has 110 valence electrons. The lowest BCUT2D eigenvalue weighted by Gasteiger charge is -2.27. The summed E-state index contributed by atoms with van der Waals surface area (Å²) in [4.78, 5) is 25.7. The van der Waals surface area contributed by atoms with Crippen molar-refractivity contribution in [3.8, 4) is 5.88 Å². The molecule has 0 amide bonds. The highest BCUT2D eigenvalue weighted by atomic mass is 16.5. The number of aromatic nitrogens is 3. The maximum Gasteiger partial charge on any atom is 0.255 e. The molecule has 3 heterocycles. The van der Waals surface area contributed by atoms with Crippen LogP contribution in [0.3, 0.4) is 0 Å². The number of ether oxygens (including phenoxy) is 1. The first-order valence-electron chi connectivity index (χ1n) is 6.95. The number of aryl methyl sites for hydroxylation is 1. The van der Waals surface area contributed by atoms with Crippen LogP contribution in [0.4, 0.5) is 0 Å². The molecule has 3 rings (SSSR count). The van der Waals surface area contributed by atoms with Crippen LogP contribution in [0.5, 0.6) is 5.88 Å². The Labute approximate surface area is 122 Å². The highest BCUT2D eigenvalue weighted by Gasteiger charge is 2.20. The van der Waals surface area contributed by atoms with Gasteiger partial charge in [-0.05, 0) is 12.5 Å². The molecule has 0 unspecified atom stereocenters. The van der Waals surface area contributed by atoms with Crippen LogP contribution in [0.1, 0.15) is 22.6 Å². The minimum absolute atomic E-state index is 0.0185. The summed E-state index contributed by atoms with van der Waals surface area (Å²) in [6.45, 7) is 4.11. The summed E-state index contributed by atoms with van der Waals surface area (Å²) in [5.74, 6) is 1.30. The number of aromatic amines is 1. The van der Waals surface area contributed by atoms with Crippen molar-refractivity contribution in [3.05, 3.63) is 51.3 Å². The van der Waals surface area contributed by atoms with E-state index in [0.29, 0.717) is 18.2 Å². The number of H-pyrrole nitrogens is 1. The van der Waals surface area contributed by atoms with E-state index in [1.165, 1.54) is 0 Å². The lowest BCUT2D eigenvalue weighted by molar-refractivity contribution is 0.241. The second-order valence-electron chi connectivity index (χ2n) is 5.25. The summed E-state index contributed by atoms with van der Waals surface area (Å²) in [6, 6.07) is 3.85. The van der Waals surface area contributed by atoms with Crippen molar-refractivity contribution in [1.29, 1.82) is 0 Å². The summed E-state index contributed by atoms with van der Waals surface area (Å²) in [7, 11) is 1.60. The Kier molecular flexibility index (Phi) is 3.70. The molecule has 0 bridgehead atoms. The molecule has 1 N–H and O–H groups in total. The Hall–Kier alpha value is -2.21. The zero-order chi connectivity index (χ0) is 14.8. The predicted octanol–water partition coefficient (Wildman–Crippen LogP) is 1.04. The molecular formula is C15H18N4O2. The fourth-order valence-corrected chi connectivity index (χ4v) is 2.62. The first-order chi connectivity index (χ1) is 10.2.